The molecule has 24 heavy (non-hydrogen) atoms. The highest BCUT2D eigenvalue weighted by molar-refractivity contribution is 5.83. The molecule has 1 aromatic heterocycles. The fraction of sp³-hybridized carbons (Fsp3) is 0.600. The molecule has 130 valence electrons. The summed E-state index contributed by atoms with van der Waals surface area (Å²) in [6, 6.07) is 1.52. The first-order chi connectivity index (χ1) is 11.5. The van der Waals surface area contributed by atoms with Crippen molar-refractivity contribution in [1.82, 2.24) is 20.2 Å². The quantitative estimate of drug-likeness (QED) is 0.776. The average Bonchev–Trinajstić information content (AvgIpc) is 2.92. The van der Waals surface area contributed by atoms with Crippen molar-refractivity contribution in [2.75, 3.05) is 37.7 Å². The Bertz CT molecular complexity index is 681. The number of carbonyl (C=O) groups is 2. The molecule has 2 aliphatic rings. The van der Waals surface area contributed by atoms with Crippen LogP contribution in [-0.2, 0) is 9.53 Å². The van der Waals surface area contributed by atoms with Gasteiger partial charge in [0.15, 0.2) is 0 Å². The van der Waals surface area contributed by atoms with Gasteiger partial charge in [-0.25, -0.2) is 9.78 Å². The number of carbonyl (C=O) groups excluding carboxylic acids is 2. The van der Waals surface area contributed by atoms with Gasteiger partial charge in [-0.05, 0) is 19.8 Å². The maximum atomic E-state index is 12.0. The maximum Gasteiger partial charge on any atom is 0.410 e. The Morgan fingerprint density at radius 1 is 1.38 bits per heavy atom. The number of anilines is 1. The summed E-state index contributed by atoms with van der Waals surface area (Å²) in [5, 5.41) is 2.95. The van der Waals surface area contributed by atoms with Crippen molar-refractivity contribution in [1.29, 1.82) is 0 Å². The maximum absolute atomic E-state index is 12.0. The van der Waals surface area contributed by atoms with Crippen molar-refractivity contribution >= 4 is 17.9 Å². The first-order valence-electron chi connectivity index (χ1n) is 8.05. The van der Waals surface area contributed by atoms with Gasteiger partial charge < -0.3 is 15.0 Å². The van der Waals surface area contributed by atoms with Gasteiger partial charge in [0.2, 0.25) is 11.9 Å². The molecular weight excluding hydrogens is 314 g/mol. The van der Waals surface area contributed by atoms with Gasteiger partial charge in [0.25, 0.3) is 5.56 Å². The summed E-state index contributed by atoms with van der Waals surface area (Å²) < 4.78 is 4.80. The first-order valence-corrected chi connectivity index (χ1v) is 8.05. The van der Waals surface area contributed by atoms with Crippen LogP contribution in [0.2, 0.25) is 0 Å². The fourth-order valence-corrected chi connectivity index (χ4v) is 2.96. The number of ether oxygens (including phenoxy) is 1. The number of aromatic nitrogens is 2. The van der Waals surface area contributed by atoms with Gasteiger partial charge in [-0.15, -0.1) is 0 Å². The number of H-pyrrole nitrogens is 1. The second-order valence-electron chi connectivity index (χ2n) is 6.08. The monoisotopic (exact) mass is 335 g/mol. The van der Waals surface area contributed by atoms with E-state index in [0.29, 0.717) is 37.9 Å². The molecule has 3 rings (SSSR count). The molecule has 2 saturated heterocycles. The van der Waals surface area contributed by atoms with E-state index in [2.05, 4.69) is 15.3 Å². The zero-order valence-corrected chi connectivity index (χ0v) is 13.6. The van der Waals surface area contributed by atoms with Crippen LogP contribution in [-0.4, -0.2) is 65.7 Å². The molecule has 0 aliphatic carbocycles. The molecule has 9 nitrogen and oxygen atoms in total. The summed E-state index contributed by atoms with van der Waals surface area (Å²) in [7, 11) is 0. The molecule has 0 atom stereocenters. The molecule has 0 saturated carbocycles. The van der Waals surface area contributed by atoms with E-state index in [1.807, 2.05) is 4.90 Å². The lowest BCUT2D eigenvalue weighted by Crippen LogP contribution is -2.48. The predicted octanol–water partition coefficient (Wildman–Crippen LogP) is -0.384. The smallest absolute Gasteiger partial charge is 0.410 e. The topological polar surface area (TPSA) is 108 Å². The Labute approximate surface area is 139 Å². The molecule has 0 radical (unpaired) electrons. The lowest BCUT2D eigenvalue weighted by Gasteiger charge is -2.32. The number of hydrogen-bond acceptors (Lipinski definition) is 6. The minimum atomic E-state index is -0.436. The third-order valence-corrected chi connectivity index (χ3v) is 4.20. The van der Waals surface area contributed by atoms with Crippen LogP contribution in [0.15, 0.2) is 10.9 Å². The number of amides is 2. The van der Waals surface area contributed by atoms with E-state index in [0.717, 1.165) is 12.8 Å². The Hall–Kier alpha value is -2.58. The molecule has 2 aliphatic heterocycles. The van der Waals surface area contributed by atoms with Crippen LogP contribution in [0.5, 0.6) is 0 Å². The lowest BCUT2D eigenvalue weighted by molar-refractivity contribution is -0.122. The molecule has 3 heterocycles. The van der Waals surface area contributed by atoms with Gasteiger partial charge in [0.05, 0.1) is 6.54 Å². The molecule has 2 fully saturated rings. The van der Waals surface area contributed by atoms with Crippen molar-refractivity contribution in [3.05, 3.63) is 22.1 Å². The molecule has 0 unspecified atom stereocenters. The SMILES string of the molecule is Cc1cc(=O)[nH]c(N2CCC(NC(=O)CN3CCOC3=O)CC2)n1. The molecule has 0 bridgehead atoms. The Morgan fingerprint density at radius 3 is 2.75 bits per heavy atom. The number of aryl methyl sites for hydroxylation is 1. The minimum Gasteiger partial charge on any atom is -0.448 e. The number of aromatic amines is 1. The van der Waals surface area contributed by atoms with Crippen LogP contribution in [0.4, 0.5) is 10.7 Å². The highest BCUT2D eigenvalue weighted by atomic mass is 16.6. The number of nitrogens with zero attached hydrogens (tertiary/aromatic N) is 3. The zero-order valence-electron chi connectivity index (χ0n) is 13.6. The van der Waals surface area contributed by atoms with Crippen molar-refractivity contribution in [2.45, 2.75) is 25.8 Å². The van der Waals surface area contributed by atoms with Crippen LogP contribution in [0, 0.1) is 6.92 Å². The summed E-state index contributed by atoms with van der Waals surface area (Å²) in [4.78, 5) is 45.4. The molecular formula is C15H21N5O4. The van der Waals surface area contributed by atoms with Crippen LogP contribution in [0.25, 0.3) is 0 Å². The van der Waals surface area contributed by atoms with E-state index in [9.17, 15) is 14.4 Å². The van der Waals surface area contributed by atoms with Crippen LogP contribution < -0.4 is 15.8 Å². The van der Waals surface area contributed by atoms with E-state index >= 15 is 0 Å². The summed E-state index contributed by atoms with van der Waals surface area (Å²) in [5.74, 6) is 0.402. The Balaban J connectivity index is 1.49. The van der Waals surface area contributed by atoms with E-state index in [1.165, 1.54) is 11.0 Å². The number of piperidine rings is 1. The van der Waals surface area contributed by atoms with Gasteiger partial charge in [0, 0.05) is 30.9 Å². The first kappa shape index (κ1) is 16.3. The van der Waals surface area contributed by atoms with Crippen LogP contribution >= 0.6 is 0 Å². The van der Waals surface area contributed by atoms with Crippen LogP contribution in [0.1, 0.15) is 18.5 Å². The molecule has 2 amide bonds. The molecule has 0 spiro atoms. The normalized spacial score (nSPS) is 18.6. The van der Waals surface area contributed by atoms with E-state index < -0.39 is 6.09 Å². The van der Waals surface area contributed by atoms with E-state index in [4.69, 9.17) is 4.74 Å². The van der Waals surface area contributed by atoms with Gasteiger partial charge in [-0.1, -0.05) is 0 Å². The van der Waals surface area contributed by atoms with Crippen molar-refractivity contribution < 1.29 is 14.3 Å². The van der Waals surface area contributed by atoms with Gasteiger partial charge in [-0.3, -0.25) is 19.5 Å². The number of rotatable bonds is 4. The number of hydrogen-bond donors (Lipinski definition) is 2. The fourth-order valence-electron chi connectivity index (χ4n) is 2.96. The molecule has 1 aromatic rings. The Kier molecular flexibility index (Phi) is 4.68. The second kappa shape index (κ2) is 6.90. The van der Waals surface area contributed by atoms with E-state index in [1.54, 1.807) is 6.92 Å². The summed E-state index contributed by atoms with van der Waals surface area (Å²) in [6.45, 7) is 4.01. The number of cyclic esters (lactones) is 1. The van der Waals surface area contributed by atoms with Crippen molar-refractivity contribution in [3.8, 4) is 0 Å². The lowest BCUT2D eigenvalue weighted by atomic mass is 10.1. The third-order valence-electron chi connectivity index (χ3n) is 4.20. The number of nitrogens with one attached hydrogen (secondary N) is 2. The summed E-state index contributed by atoms with van der Waals surface area (Å²) in [5.41, 5.74) is 0.520. The third kappa shape index (κ3) is 3.84. The van der Waals surface area contributed by atoms with Gasteiger partial charge >= 0.3 is 6.09 Å². The molecule has 9 heteroatoms. The van der Waals surface area contributed by atoms with Gasteiger partial charge in [0.1, 0.15) is 13.2 Å². The van der Waals surface area contributed by atoms with E-state index in [-0.39, 0.29) is 24.1 Å². The van der Waals surface area contributed by atoms with Crippen molar-refractivity contribution in [3.63, 3.8) is 0 Å². The summed E-state index contributed by atoms with van der Waals surface area (Å²) >= 11 is 0. The molecule has 2 N–H and O–H groups in total. The largest absolute Gasteiger partial charge is 0.448 e. The highest BCUT2D eigenvalue weighted by Crippen LogP contribution is 2.15. The predicted molar refractivity (Wildman–Crippen MR) is 85.9 cm³/mol. The molecule has 0 aromatic carbocycles. The van der Waals surface area contributed by atoms with Gasteiger partial charge in [-0.2, -0.15) is 0 Å². The van der Waals surface area contributed by atoms with Crippen LogP contribution in [0.3, 0.4) is 0 Å². The average molecular weight is 335 g/mol. The van der Waals surface area contributed by atoms with Crippen molar-refractivity contribution in [2.24, 2.45) is 0 Å². The second-order valence-corrected chi connectivity index (χ2v) is 6.08. The summed E-state index contributed by atoms with van der Waals surface area (Å²) in [6.07, 6.45) is 1.08. The zero-order chi connectivity index (χ0) is 17.1. The Morgan fingerprint density at radius 2 is 2.12 bits per heavy atom. The standard InChI is InChI=1S/C15H21N5O4/c1-10-8-12(21)18-14(16-10)19-4-2-11(3-5-19)17-13(22)9-20-6-7-24-15(20)23/h8,11H,2-7,9H2,1H3,(H,17,22)(H,16,18,21). The minimum absolute atomic E-state index is 0.0335. The highest BCUT2D eigenvalue weighted by Gasteiger charge is 2.26.